The van der Waals surface area contributed by atoms with Crippen molar-refractivity contribution in [1.29, 1.82) is 0 Å². The Morgan fingerprint density at radius 1 is 1.10 bits per heavy atom. The predicted octanol–water partition coefficient (Wildman–Crippen LogP) is 3.24. The van der Waals surface area contributed by atoms with Gasteiger partial charge in [-0.25, -0.2) is 8.42 Å². The molecule has 2 aromatic carbocycles. The highest BCUT2D eigenvalue weighted by Gasteiger charge is 2.28. The molecule has 1 aromatic heterocycles. The van der Waals surface area contributed by atoms with Crippen LogP contribution in [0.25, 0.3) is 11.5 Å². The molecular weight excluding hydrogens is 404 g/mol. The van der Waals surface area contributed by atoms with E-state index in [4.69, 9.17) is 4.42 Å². The first-order valence-corrected chi connectivity index (χ1v) is 11.4. The fourth-order valence-electron chi connectivity index (χ4n) is 3.34. The molecule has 0 atom stereocenters. The minimum Gasteiger partial charge on any atom is -0.421 e. The summed E-state index contributed by atoms with van der Waals surface area (Å²) in [5.74, 6) is 0.955. The van der Waals surface area contributed by atoms with Crippen LogP contribution in [-0.4, -0.2) is 36.8 Å². The molecule has 156 valence electrons. The second-order valence-corrected chi connectivity index (χ2v) is 9.07. The molecule has 1 fully saturated rings. The summed E-state index contributed by atoms with van der Waals surface area (Å²) in [6, 6.07) is 16.4. The van der Waals surface area contributed by atoms with Gasteiger partial charge in [0.1, 0.15) is 0 Å². The SMILES string of the molecule is O=C(CCCc1nnc(-c2ccccc2)o1)Nc1cccc(N2CCCS2(=O)=O)c1. The number of sulfonamides is 1. The van der Waals surface area contributed by atoms with E-state index in [1.54, 1.807) is 24.3 Å². The number of aromatic nitrogens is 2. The van der Waals surface area contributed by atoms with E-state index in [9.17, 15) is 13.2 Å². The van der Waals surface area contributed by atoms with E-state index >= 15 is 0 Å². The molecule has 3 aromatic rings. The number of benzene rings is 2. The Hall–Kier alpha value is -3.20. The second kappa shape index (κ2) is 8.66. The summed E-state index contributed by atoms with van der Waals surface area (Å²) in [6.07, 6.45) is 1.96. The molecule has 0 unspecified atom stereocenters. The van der Waals surface area contributed by atoms with Crippen molar-refractivity contribution in [2.75, 3.05) is 21.9 Å². The van der Waals surface area contributed by atoms with Crippen LogP contribution in [0.1, 0.15) is 25.2 Å². The number of hydrogen-bond acceptors (Lipinski definition) is 6. The molecule has 2 heterocycles. The molecule has 0 saturated carbocycles. The quantitative estimate of drug-likeness (QED) is 0.622. The van der Waals surface area contributed by atoms with E-state index in [0.29, 0.717) is 49.0 Å². The largest absolute Gasteiger partial charge is 0.421 e. The highest BCUT2D eigenvalue weighted by Crippen LogP contribution is 2.26. The van der Waals surface area contributed by atoms with Crippen molar-refractivity contribution in [3.05, 3.63) is 60.5 Å². The van der Waals surface area contributed by atoms with Gasteiger partial charge in [-0.1, -0.05) is 24.3 Å². The van der Waals surface area contributed by atoms with Gasteiger partial charge in [-0.2, -0.15) is 0 Å². The highest BCUT2D eigenvalue weighted by atomic mass is 32.2. The topological polar surface area (TPSA) is 105 Å². The zero-order valence-electron chi connectivity index (χ0n) is 16.3. The Balaban J connectivity index is 1.30. The molecule has 8 nitrogen and oxygen atoms in total. The molecule has 0 spiro atoms. The molecule has 4 rings (SSSR count). The zero-order valence-corrected chi connectivity index (χ0v) is 17.1. The fourth-order valence-corrected chi connectivity index (χ4v) is 4.90. The van der Waals surface area contributed by atoms with Gasteiger partial charge < -0.3 is 9.73 Å². The van der Waals surface area contributed by atoms with E-state index in [1.807, 2.05) is 30.3 Å². The van der Waals surface area contributed by atoms with E-state index in [-0.39, 0.29) is 18.1 Å². The van der Waals surface area contributed by atoms with Crippen LogP contribution in [-0.2, 0) is 21.2 Å². The maximum atomic E-state index is 12.3. The van der Waals surface area contributed by atoms with Crippen LogP contribution in [0, 0.1) is 0 Å². The molecule has 9 heteroatoms. The first-order valence-electron chi connectivity index (χ1n) is 9.79. The molecule has 1 aliphatic heterocycles. The predicted molar refractivity (Wildman–Crippen MR) is 113 cm³/mol. The van der Waals surface area contributed by atoms with Crippen LogP contribution in [0.4, 0.5) is 11.4 Å². The molecule has 0 radical (unpaired) electrons. The molecule has 1 saturated heterocycles. The molecule has 1 aliphatic rings. The van der Waals surface area contributed by atoms with Gasteiger partial charge in [0, 0.05) is 30.6 Å². The Bertz CT molecular complexity index is 1130. The van der Waals surface area contributed by atoms with Crippen LogP contribution in [0.5, 0.6) is 0 Å². The van der Waals surface area contributed by atoms with Crippen molar-refractivity contribution in [1.82, 2.24) is 10.2 Å². The molecule has 0 aliphatic carbocycles. The first kappa shape index (κ1) is 20.1. The lowest BCUT2D eigenvalue weighted by Crippen LogP contribution is -2.25. The second-order valence-electron chi connectivity index (χ2n) is 7.06. The van der Waals surface area contributed by atoms with Gasteiger partial charge in [-0.05, 0) is 43.2 Å². The van der Waals surface area contributed by atoms with Gasteiger partial charge in [0.2, 0.25) is 27.7 Å². The molecule has 0 bridgehead atoms. The Kier molecular flexibility index (Phi) is 5.80. The molecular formula is C21H22N4O4S. The van der Waals surface area contributed by atoms with Crippen molar-refractivity contribution in [2.45, 2.75) is 25.7 Å². The maximum Gasteiger partial charge on any atom is 0.247 e. The lowest BCUT2D eigenvalue weighted by molar-refractivity contribution is -0.116. The average molecular weight is 426 g/mol. The number of rotatable bonds is 7. The normalized spacial score (nSPS) is 15.3. The molecule has 1 amide bonds. The number of anilines is 2. The van der Waals surface area contributed by atoms with Crippen LogP contribution >= 0.6 is 0 Å². The Labute approximate surface area is 175 Å². The summed E-state index contributed by atoms with van der Waals surface area (Å²) >= 11 is 0. The summed E-state index contributed by atoms with van der Waals surface area (Å²) < 4.78 is 31.2. The minimum atomic E-state index is -3.25. The van der Waals surface area contributed by atoms with Crippen LogP contribution < -0.4 is 9.62 Å². The van der Waals surface area contributed by atoms with Crippen LogP contribution in [0.3, 0.4) is 0 Å². The van der Waals surface area contributed by atoms with Crippen molar-refractivity contribution in [2.24, 2.45) is 0 Å². The minimum absolute atomic E-state index is 0.153. The first-order chi connectivity index (χ1) is 14.5. The number of nitrogens with zero attached hydrogens (tertiary/aromatic N) is 3. The fraction of sp³-hybridized carbons (Fsp3) is 0.286. The number of nitrogens with one attached hydrogen (secondary N) is 1. The Morgan fingerprint density at radius 3 is 2.70 bits per heavy atom. The van der Waals surface area contributed by atoms with Gasteiger partial charge in [-0.3, -0.25) is 9.10 Å². The summed E-state index contributed by atoms with van der Waals surface area (Å²) in [5.41, 5.74) is 2.00. The number of carbonyl (C=O) groups excluding carboxylic acids is 1. The smallest absolute Gasteiger partial charge is 0.247 e. The van der Waals surface area contributed by atoms with Gasteiger partial charge in [0.15, 0.2) is 0 Å². The summed E-state index contributed by atoms with van der Waals surface area (Å²) in [7, 11) is -3.25. The number of amides is 1. The van der Waals surface area contributed by atoms with Crippen LogP contribution in [0.2, 0.25) is 0 Å². The third kappa shape index (κ3) is 4.68. The number of aryl methyl sites for hydroxylation is 1. The highest BCUT2D eigenvalue weighted by molar-refractivity contribution is 7.93. The van der Waals surface area contributed by atoms with Crippen LogP contribution in [0.15, 0.2) is 59.0 Å². The number of hydrogen-bond donors (Lipinski definition) is 1. The summed E-state index contributed by atoms with van der Waals surface area (Å²) in [5, 5.41) is 10.9. The van der Waals surface area contributed by atoms with E-state index in [1.165, 1.54) is 4.31 Å². The maximum absolute atomic E-state index is 12.3. The van der Waals surface area contributed by atoms with E-state index in [0.717, 1.165) is 5.56 Å². The third-order valence-electron chi connectivity index (χ3n) is 4.80. The van der Waals surface area contributed by atoms with Crippen molar-refractivity contribution < 1.29 is 17.6 Å². The van der Waals surface area contributed by atoms with E-state index < -0.39 is 10.0 Å². The van der Waals surface area contributed by atoms with Crippen molar-refractivity contribution in [3.8, 4) is 11.5 Å². The monoisotopic (exact) mass is 426 g/mol. The summed E-state index contributed by atoms with van der Waals surface area (Å²) in [6.45, 7) is 0.467. The lowest BCUT2D eigenvalue weighted by atomic mass is 10.2. The van der Waals surface area contributed by atoms with E-state index in [2.05, 4.69) is 15.5 Å². The number of carbonyl (C=O) groups is 1. The molecule has 30 heavy (non-hydrogen) atoms. The third-order valence-corrected chi connectivity index (χ3v) is 6.67. The zero-order chi connectivity index (χ0) is 21.0. The summed E-state index contributed by atoms with van der Waals surface area (Å²) in [4.78, 5) is 12.3. The van der Waals surface area contributed by atoms with Gasteiger partial charge in [0.05, 0.1) is 11.4 Å². The lowest BCUT2D eigenvalue weighted by Gasteiger charge is -2.17. The van der Waals surface area contributed by atoms with Crippen molar-refractivity contribution in [3.63, 3.8) is 0 Å². The van der Waals surface area contributed by atoms with Gasteiger partial charge >= 0.3 is 0 Å². The van der Waals surface area contributed by atoms with Gasteiger partial charge in [0.25, 0.3) is 0 Å². The average Bonchev–Trinajstić information content (AvgIpc) is 3.35. The Morgan fingerprint density at radius 2 is 1.93 bits per heavy atom. The standard InChI is InChI=1S/C21H22N4O4S/c26-19(11-5-12-20-23-24-21(29-20)16-7-2-1-3-8-16)22-17-9-4-10-18(15-17)25-13-6-14-30(25,27)28/h1-4,7-10,15H,5-6,11-14H2,(H,22,26). The van der Waals surface area contributed by atoms with Crippen molar-refractivity contribution >= 4 is 27.3 Å². The molecule has 1 N–H and O–H groups in total. The van der Waals surface area contributed by atoms with Gasteiger partial charge in [-0.15, -0.1) is 10.2 Å².